The van der Waals surface area contributed by atoms with Gasteiger partial charge in [0.1, 0.15) is 11.6 Å². The first-order valence-electron chi connectivity index (χ1n) is 6.31. The highest BCUT2D eigenvalue weighted by Crippen LogP contribution is 2.29. The fraction of sp³-hybridized carbons (Fsp3) is 0.400. The number of nitrogens with zero attached hydrogens (tertiary/aromatic N) is 2. The molecule has 1 aromatic carbocycles. The molecule has 0 aliphatic heterocycles. The molecule has 0 amide bonds. The first-order valence-corrected chi connectivity index (χ1v) is 6.31. The zero-order valence-electron chi connectivity index (χ0n) is 11.5. The standard InChI is InChI=1S/C15H19FN2O/c1-15(2,11-4-6-12(16)7-5-11)13(19)10-14-17-8-9-18(14)3/h4-9,13,19H,10H2,1-3H3. The van der Waals surface area contributed by atoms with E-state index in [4.69, 9.17) is 0 Å². The minimum Gasteiger partial charge on any atom is -0.392 e. The molecular formula is C15H19FN2O. The molecule has 2 aromatic rings. The van der Waals surface area contributed by atoms with Crippen molar-refractivity contribution in [2.45, 2.75) is 31.8 Å². The second-order valence-corrected chi connectivity index (χ2v) is 5.40. The van der Waals surface area contributed by atoms with Crippen molar-refractivity contribution in [1.29, 1.82) is 0 Å². The Kier molecular flexibility index (Phi) is 3.71. The number of hydrogen-bond acceptors (Lipinski definition) is 2. The summed E-state index contributed by atoms with van der Waals surface area (Å²) in [5, 5.41) is 10.4. The van der Waals surface area contributed by atoms with Gasteiger partial charge in [-0.15, -0.1) is 0 Å². The molecule has 0 fully saturated rings. The van der Waals surface area contributed by atoms with E-state index in [0.717, 1.165) is 11.4 Å². The van der Waals surface area contributed by atoms with Crippen LogP contribution < -0.4 is 0 Å². The fourth-order valence-electron chi connectivity index (χ4n) is 2.09. The molecule has 0 radical (unpaired) electrons. The Labute approximate surface area is 112 Å². The summed E-state index contributed by atoms with van der Waals surface area (Å²) < 4.78 is 14.9. The van der Waals surface area contributed by atoms with Crippen LogP contribution in [0.25, 0.3) is 0 Å². The van der Waals surface area contributed by atoms with Crippen LogP contribution >= 0.6 is 0 Å². The van der Waals surface area contributed by atoms with Gasteiger partial charge in [-0.25, -0.2) is 9.37 Å². The molecule has 4 heteroatoms. The summed E-state index contributed by atoms with van der Waals surface area (Å²) in [6.07, 6.45) is 3.45. The Hall–Kier alpha value is -1.68. The van der Waals surface area contributed by atoms with Crippen molar-refractivity contribution in [3.63, 3.8) is 0 Å². The van der Waals surface area contributed by atoms with E-state index < -0.39 is 11.5 Å². The first kappa shape index (κ1) is 13.7. The summed E-state index contributed by atoms with van der Waals surface area (Å²) in [6, 6.07) is 6.28. The molecule has 1 heterocycles. The first-order chi connectivity index (χ1) is 8.91. The van der Waals surface area contributed by atoms with Crippen LogP contribution in [-0.2, 0) is 18.9 Å². The van der Waals surface area contributed by atoms with Crippen molar-refractivity contribution in [1.82, 2.24) is 9.55 Å². The third kappa shape index (κ3) is 2.84. The minimum atomic E-state index is -0.584. The van der Waals surface area contributed by atoms with Crippen LogP contribution in [0.3, 0.4) is 0 Å². The number of aliphatic hydroxyl groups is 1. The van der Waals surface area contributed by atoms with Crippen LogP contribution in [0.1, 0.15) is 25.2 Å². The lowest BCUT2D eigenvalue weighted by atomic mass is 9.78. The molecule has 1 N–H and O–H groups in total. The third-order valence-corrected chi connectivity index (χ3v) is 3.72. The predicted octanol–water partition coefficient (Wildman–Crippen LogP) is 2.44. The number of aryl methyl sites for hydroxylation is 1. The van der Waals surface area contributed by atoms with Crippen molar-refractivity contribution in [3.05, 3.63) is 53.9 Å². The molecule has 1 atom stereocenters. The topological polar surface area (TPSA) is 38.0 Å². The van der Waals surface area contributed by atoms with Crippen molar-refractivity contribution in [3.8, 4) is 0 Å². The second kappa shape index (κ2) is 5.13. The predicted molar refractivity (Wildman–Crippen MR) is 72.3 cm³/mol. The normalized spacial score (nSPS) is 13.5. The zero-order chi connectivity index (χ0) is 14.0. The zero-order valence-corrected chi connectivity index (χ0v) is 11.5. The average Bonchev–Trinajstić information content (AvgIpc) is 2.75. The second-order valence-electron chi connectivity index (χ2n) is 5.40. The Morgan fingerprint density at radius 3 is 2.47 bits per heavy atom. The van der Waals surface area contributed by atoms with Gasteiger partial charge in [-0.1, -0.05) is 26.0 Å². The van der Waals surface area contributed by atoms with Crippen LogP contribution in [0.4, 0.5) is 4.39 Å². The van der Waals surface area contributed by atoms with Gasteiger partial charge in [0.05, 0.1) is 6.10 Å². The molecule has 0 spiro atoms. The maximum absolute atomic E-state index is 13.0. The number of aliphatic hydroxyl groups excluding tert-OH is 1. The van der Waals surface area contributed by atoms with E-state index in [1.807, 2.05) is 31.7 Å². The average molecular weight is 262 g/mol. The van der Waals surface area contributed by atoms with Crippen LogP contribution in [0, 0.1) is 5.82 Å². The number of rotatable bonds is 4. The number of imidazole rings is 1. The molecule has 1 unspecified atom stereocenters. The van der Waals surface area contributed by atoms with E-state index in [9.17, 15) is 9.50 Å². The smallest absolute Gasteiger partial charge is 0.123 e. The number of halogens is 1. The van der Waals surface area contributed by atoms with Crippen molar-refractivity contribution >= 4 is 0 Å². The van der Waals surface area contributed by atoms with Gasteiger partial charge in [-0.05, 0) is 17.7 Å². The monoisotopic (exact) mass is 262 g/mol. The molecule has 2 rings (SSSR count). The molecule has 1 aromatic heterocycles. The summed E-state index contributed by atoms with van der Waals surface area (Å²) >= 11 is 0. The van der Waals surface area contributed by atoms with Crippen LogP contribution in [0.2, 0.25) is 0 Å². The van der Waals surface area contributed by atoms with Crippen LogP contribution in [-0.4, -0.2) is 20.8 Å². The maximum atomic E-state index is 13.0. The molecule has 102 valence electrons. The Balaban J connectivity index is 2.19. The molecule has 0 bridgehead atoms. The molecule has 3 nitrogen and oxygen atoms in total. The molecule has 0 aliphatic rings. The van der Waals surface area contributed by atoms with Crippen LogP contribution in [0.15, 0.2) is 36.7 Å². The highest BCUT2D eigenvalue weighted by molar-refractivity contribution is 5.26. The third-order valence-electron chi connectivity index (χ3n) is 3.72. The summed E-state index contributed by atoms with van der Waals surface area (Å²) in [6.45, 7) is 3.90. The van der Waals surface area contributed by atoms with Gasteiger partial charge in [0.25, 0.3) is 0 Å². The lowest BCUT2D eigenvalue weighted by Gasteiger charge is -2.31. The summed E-state index contributed by atoms with van der Waals surface area (Å²) in [5.74, 6) is 0.570. The van der Waals surface area contributed by atoms with Crippen molar-refractivity contribution in [2.75, 3.05) is 0 Å². The maximum Gasteiger partial charge on any atom is 0.123 e. The number of hydrogen-bond donors (Lipinski definition) is 1. The van der Waals surface area contributed by atoms with Gasteiger partial charge in [0.15, 0.2) is 0 Å². The summed E-state index contributed by atoms with van der Waals surface area (Å²) in [7, 11) is 1.90. The SMILES string of the molecule is Cn1ccnc1CC(O)C(C)(C)c1ccc(F)cc1. The van der Waals surface area contributed by atoms with Gasteiger partial charge in [-0.3, -0.25) is 0 Å². The van der Waals surface area contributed by atoms with Gasteiger partial charge >= 0.3 is 0 Å². The molecule has 0 saturated carbocycles. The highest BCUT2D eigenvalue weighted by Gasteiger charge is 2.30. The van der Waals surface area contributed by atoms with Crippen LogP contribution in [0.5, 0.6) is 0 Å². The van der Waals surface area contributed by atoms with Crippen molar-refractivity contribution < 1.29 is 9.50 Å². The fourth-order valence-corrected chi connectivity index (χ4v) is 2.09. The highest BCUT2D eigenvalue weighted by atomic mass is 19.1. The molecule has 0 aliphatic carbocycles. The molecular weight excluding hydrogens is 243 g/mol. The molecule has 19 heavy (non-hydrogen) atoms. The summed E-state index contributed by atoms with van der Waals surface area (Å²) in [5.41, 5.74) is 0.454. The van der Waals surface area contributed by atoms with Gasteiger partial charge < -0.3 is 9.67 Å². The van der Waals surface area contributed by atoms with E-state index >= 15 is 0 Å². The van der Waals surface area contributed by atoms with E-state index in [1.54, 1.807) is 18.3 Å². The van der Waals surface area contributed by atoms with E-state index in [-0.39, 0.29) is 5.82 Å². The lowest BCUT2D eigenvalue weighted by Crippen LogP contribution is -2.36. The summed E-state index contributed by atoms with van der Waals surface area (Å²) in [4.78, 5) is 4.22. The Morgan fingerprint density at radius 2 is 1.95 bits per heavy atom. The van der Waals surface area contributed by atoms with Gasteiger partial charge in [-0.2, -0.15) is 0 Å². The Morgan fingerprint density at radius 1 is 1.32 bits per heavy atom. The lowest BCUT2D eigenvalue weighted by molar-refractivity contribution is 0.0973. The molecule has 0 saturated heterocycles. The quantitative estimate of drug-likeness (QED) is 0.919. The van der Waals surface area contributed by atoms with E-state index in [0.29, 0.717) is 6.42 Å². The minimum absolute atomic E-state index is 0.266. The van der Waals surface area contributed by atoms with Crippen molar-refractivity contribution in [2.24, 2.45) is 7.05 Å². The van der Waals surface area contributed by atoms with Gasteiger partial charge in [0.2, 0.25) is 0 Å². The van der Waals surface area contributed by atoms with E-state index in [2.05, 4.69) is 4.98 Å². The largest absolute Gasteiger partial charge is 0.392 e. The Bertz CT molecular complexity index is 546. The number of aromatic nitrogens is 2. The van der Waals surface area contributed by atoms with E-state index in [1.165, 1.54) is 12.1 Å². The number of benzene rings is 1. The van der Waals surface area contributed by atoms with Gasteiger partial charge in [0, 0.05) is 31.3 Å².